The summed E-state index contributed by atoms with van der Waals surface area (Å²) in [4.78, 5) is 13.5. The first kappa shape index (κ1) is 20.9. The van der Waals surface area contributed by atoms with Gasteiger partial charge in [0.15, 0.2) is 0 Å². The van der Waals surface area contributed by atoms with Crippen LogP contribution in [0.3, 0.4) is 0 Å². The standard InChI is InChI=1S/C20H16ClN3O3S2/c1-12-13(2)28-20(18(12)11-22)23-19(25)14-3-7-16(8-4-14)24-29(26,27)17-9-5-15(21)6-10-17/h3-10,24H,1-2H3,(H,23,25). The number of rotatable bonds is 5. The van der Waals surface area contributed by atoms with Crippen LogP contribution in [0, 0.1) is 25.2 Å². The van der Waals surface area contributed by atoms with Crippen LogP contribution < -0.4 is 10.0 Å². The SMILES string of the molecule is Cc1sc(NC(=O)c2ccc(NS(=O)(=O)c3ccc(Cl)cc3)cc2)c(C#N)c1C. The van der Waals surface area contributed by atoms with E-state index < -0.39 is 10.0 Å². The fourth-order valence-corrected chi connectivity index (χ4v) is 4.73. The Bertz CT molecular complexity index is 1210. The first-order chi connectivity index (χ1) is 13.7. The van der Waals surface area contributed by atoms with Crippen LogP contribution in [0.2, 0.25) is 5.02 Å². The predicted molar refractivity (Wildman–Crippen MR) is 115 cm³/mol. The van der Waals surface area contributed by atoms with Gasteiger partial charge in [0.05, 0.1) is 10.5 Å². The Morgan fingerprint density at radius 3 is 2.28 bits per heavy atom. The highest BCUT2D eigenvalue weighted by Crippen LogP contribution is 2.32. The first-order valence-corrected chi connectivity index (χ1v) is 11.1. The van der Waals surface area contributed by atoms with Crippen molar-refractivity contribution in [1.82, 2.24) is 0 Å². The second-order valence-corrected chi connectivity index (χ2v) is 9.53. The number of benzene rings is 2. The Labute approximate surface area is 177 Å². The maximum absolute atomic E-state index is 12.5. The van der Waals surface area contributed by atoms with Gasteiger partial charge in [-0.15, -0.1) is 11.3 Å². The molecular weight excluding hydrogens is 430 g/mol. The van der Waals surface area contributed by atoms with Gasteiger partial charge in [-0.25, -0.2) is 8.42 Å². The number of hydrogen-bond acceptors (Lipinski definition) is 5. The first-order valence-electron chi connectivity index (χ1n) is 8.41. The average molecular weight is 446 g/mol. The summed E-state index contributed by atoms with van der Waals surface area (Å²) in [6.45, 7) is 3.72. The van der Waals surface area contributed by atoms with Crippen molar-refractivity contribution in [2.75, 3.05) is 10.0 Å². The molecule has 0 fully saturated rings. The van der Waals surface area contributed by atoms with Crippen molar-refractivity contribution in [3.63, 3.8) is 0 Å². The smallest absolute Gasteiger partial charge is 0.261 e. The summed E-state index contributed by atoms with van der Waals surface area (Å²) in [5.41, 5.74) is 1.96. The largest absolute Gasteiger partial charge is 0.312 e. The fourth-order valence-electron chi connectivity index (χ4n) is 2.54. The van der Waals surface area contributed by atoms with E-state index in [9.17, 15) is 18.5 Å². The Morgan fingerprint density at radius 2 is 1.69 bits per heavy atom. The number of carbonyl (C=O) groups is 1. The number of nitrogens with zero attached hydrogens (tertiary/aromatic N) is 1. The van der Waals surface area contributed by atoms with Crippen LogP contribution in [0.5, 0.6) is 0 Å². The molecule has 148 valence electrons. The van der Waals surface area contributed by atoms with Crippen molar-refractivity contribution in [2.45, 2.75) is 18.7 Å². The van der Waals surface area contributed by atoms with E-state index in [-0.39, 0.29) is 10.8 Å². The molecule has 0 aliphatic rings. The highest BCUT2D eigenvalue weighted by molar-refractivity contribution is 7.92. The van der Waals surface area contributed by atoms with Crippen molar-refractivity contribution < 1.29 is 13.2 Å². The van der Waals surface area contributed by atoms with E-state index in [4.69, 9.17) is 11.6 Å². The zero-order chi connectivity index (χ0) is 21.2. The number of nitriles is 1. The normalized spacial score (nSPS) is 11.0. The van der Waals surface area contributed by atoms with E-state index >= 15 is 0 Å². The van der Waals surface area contributed by atoms with E-state index in [2.05, 4.69) is 16.1 Å². The second kappa shape index (κ2) is 8.25. The van der Waals surface area contributed by atoms with Gasteiger partial charge in [0, 0.05) is 21.2 Å². The lowest BCUT2D eigenvalue weighted by molar-refractivity contribution is 0.102. The monoisotopic (exact) mass is 445 g/mol. The van der Waals surface area contributed by atoms with Gasteiger partial charge in [-0.3, -0.25) is 9.52 Å². The summed E-state index contributed by atoms with van der Waals surface area (Å²) < 4.78 is 27.3. The molecule has 0 aliphatic heterocycles. The summed E-state index contributed by atoms with van der Waals surface area (Å²) in [5.74, 6) is -0.380. The molecule has 9 heteroatoms. The van der Waals surface area contributed by atoms with Gasteiger partial charge >= 0.3 is 0 Å². The molecule has 0 atom stereocenters. The summed E-state index contributed by atoms with van der Waals surface area (Å²) in [5, 5.41) is 13.0. The van der Waals surface area contributed by atoms with Crippen molar-refractivity contribution in [1.29, 1.82) is 5.26 Å². The molecule has 0 saturated heterocycles. The van der Waals surface area contributed by atoms with Crippen LogP contribution in [-0.4, -0.2) is 14.3 Å². The Hall–Kier alpha value is -2.86. The molecule has 1 aromatic heterocycles. The molecule has 6 nitrogen and oxygen atoms in total. The van der Waals surface area contributed by atoms with E-state index in [1.165, 1.54) is 59.9 Å². The molecule has 0 saturated carbocycles. The number of amides is 1. The lowest BCUT2D eigenvalue weighted by Crippen LogP contribution is -2.14. The Morgan fingerprint density at radius 1 is 1.07 bits per heavy atom. The molecule has 1 heterocycles. The molecule has 3 aromatic rings. The average Bonchev–Trinajstić information content (AvgIpc) is 2.95. The van der Waals surface area contributed by atoms with Gasteiger partial charge in [-0.1, -0.05) is 11.6 Å². The zero-order valence-corrected chi connectivity index (χ0v) is 17.9. The third-order valence-corrected chi connectivity index (χ3v) is 7.02. The van der Waals surface area contributed by atoms with E-state index in [0.29, 0.717) is 26.8 Å². The van der Waals surface area contributed by atoms with Crippen molar-refractivity contribution in [2.24, 2.45) is 0 Å². The van der Waals surface area contributed by atoms with E-state index in [1.807, 2.05) is 13.8 Å². The predicted octanol–water partition coefficient (Wildman–Crippen LogP) is 4.94. The molecule has 0 unspecified atom stereocenters. The summed E-state index contributed by atoms with van der Waals surface area (Å²) >= 11 is 7.13. The highest BCUT2D eigenvalue weighted by atomic mass is 35.5. The molecule has 2 aromatic carbocycles. The van der Waals surface area contributed by atoms with Gasteiger partial charge in [-0.05, 0) is 67.9 Å². The maximum atomic E-state index is 12.5. The minimum absolute atomic E-state index is 0.0798. The van der Waals surface area contributed by atoms with Crippen LogP contribution in [0.15, 0.2) is 53.4 Å². The molecule has 0 aliphatic carbocycles. The number of anilines is 2. The Kier molecular flexibility index (Phi) is 5.94. The number of nitrogens with one attached hydrogen (secondary N) is 2. The lowest BCUT2D eigenvalue weighted by atomic mass is 10.1. The van der Waals surface area contributed by atoms with Gasteiger partial charge in [-0.2, -0.15) is 5.26 Å². The number of thiophene rings is 1. The summed E-state index contributed by atoms with van der Waals surface area (Å²) in [6, 6.07) is 13.9. The number of hydrogen-bond donors (Lipinski definition) is 2. The second-order valence-electron chi connectivity index (χ2n) is 6.19. The van der Waals surface area contributed by atoms with E-state index in [0.717, 1.165) is 10.4 Å². The van der Waals surface area contributed by atoms with Gasteiger partial charge in [0.2, 0.25) is 0 Å². The number of sulfonamides is 1. The highest BCUT2D eigenvalue weighted by Gasteiger charge is 2.17. The van der Waals surface area contributed by atoms with Crippen LogP contribution in [-0.2, 0) is 10.0 Å². The fraction of sp³-hybridized carbons (Fsp3) is 0.100. The zero-order valence-electron chi connectivity index (χ0n) is 15.5. The van der Waals surface area contributed by atoms with Gasteiger partial charge in [0.25, 0.3) is 15.9 Å². The molecule has 0 bridgehead atoms. The topological polar surface area (TPSA) is 99.1 Å². The molecule has 3 rings (SSSR count). The van der Waals surface area contributed by atoms with Crippen molar-refractivity contribution >= 4 is 49.6 Å². The molecular formula is C20H16ClN3O3S2. The van der Waals surface area contributed by atoms with Crippen LogP contribution in [0.1, 0.15) is 26.4 Å². The molecule has 1 amide bonds. The number of carbonyl (C=O) groups excluding carboxylic acids is 1. The summed E-state index contributed by atoms with van der Waals surface area (Å²) in [7, 11) is -3.77. The minimum atomic E-state index is -3.77. The maximum Gasteiger partial charge on any atom is 0.261 e. The molecule has 0 radical (unpaired) electrons. The third kappa shape index (κ3) is 4.59. The number of aryl methyl sites for hydroxylation is 1. The molecule has 2 N–H and O–H groups in total. The number of halogens is 1. The minimum Gasteiger partial charge on any atom is -0.312 e. The van der Waals surface area contributed by atoms with Gasteiger partial charge < -0.3 is 5.32 Å². The Balaban J connectivity index is 1.75. The third-order valence-electron chi connectivity index (χ3n) is 4.25. The van der Waals surface area contributed by atoms with Crippen molar-refractivity contribution in [3.8, 4) is 6.07 Å². The molecule has 29 heavy (non-hydrogen) atoms. The lowest BCUT2D eigenvalue weighted by Gasteiger charge is -2.09. The van der Waals surface area contributed by atoms with Crippen LogP contribution in [0.4, 0.5) is 10.7 Å². The van der Waals surface area contributed by atoms with Gasteiger partial charge in [0.1, 0.15) is 11.1 Å². The van der Waals surface area contributed by atoms with Crippen LogP contribution >= 0.6 is 22.9 Å². The van der Waals surface area contributed by atoms with Crippen molar-refractivity contribution in [3.05, 3.63) is 75.1 Å². The van der Waals surface area contributed by atoms with E-state index in [1.54, 1.807) is 0 Å². The molecule has 0 spiro atoms. The van der Waals surface area contributed by atoms with Crippen LogP contribution in [0.25, 0.3) is 0 Å². The summed E-state index contributed by atoms with van der Waals surface area (Å²) in [6.07, 6.45) is 0. The quantitative estimate of drug-likeness (QED) is 0.580.